The number of nitrogens with one attached hydrogen (secondary N) is 1. The van der Waals surface area contributed by atoms with Crippen LogP contribution < -0.4 is 5.32 Å². The zero-order chi connectivity index (χ0) is 13.1. The average Bonchev–Trinajstić information content (AvgIpc) is 3.04. The predicted molar refractivity (Wildman–Crippen MR) is 82.9 cm³/mol. The van der Waals surface area contributed by atoms with Crippen molar-refractivity contribution in [2.45, 2.75) is 35.4 Å². The lowest BCUT2D eigenvalue weighted by Crippen LogP contribution is -2.27. The number of rotatable bonds is 5. The Kier molecular flexibility index (Phi) is 4.21. The summed E-state index contributed by atoms with van der Waals surface area (Å²) in [5, 5.41) is 6.33. The molecule has 0 saturated carbocycles. The minimum absolute atomic E-state index is 0.463. The lowest BCUT2D eigenvalue weighted by atomic mass is 10.1. The highest BCUT2D eigenvalue weighted by Gasteiger charge is 2.32. The molecule has 0 amide bonds. The van der Waals surface area contributed by atoms with Gasteiger partial charge in [-0.05, 0) is 30.5 Å². The van der Waals surface area contributed by atoms with Crippen LogP contribution in [0.1, 0.15) is 30.5 Å². The topological polar surface area (TPSA) is 24.9 Å². The maximum absolute atomic E-state index is 4.41. The van der Waals surface area contributed by atoms with E-state index < -0.39 is 0 Å². The van der Waals surface area contributed by atoms with Gasteiger partial charge >= 0.3 is 0 Å². The fraction of sp³-hybridized carbons (Fsp3) is 0.400. The Labute approximate surface area is 122 Å². The fourth-order valence-corrected chi connectivity index (χ4v) is 4.75. The molecular formula is C15H18N2S2. The third-order valence-corrected chi connectivity index (χ3v) is 5.65. The monoisotopic (exact) mass is 290 g/mol. The summed E-state index contributed by atoms with van der Waals surface area (Å²) in [4.78, 5) is 4.41. The third-order valence-electron chi connectivity index (χ3n) is 3.46. The Hall–Kier alpha value is -0.840. The van der Waals surface area contributed by atoms with Gasteiger partial charge < -0.3 is 5.32 Å². The zero-order valence-electron chi connectivity index (χ0n) is 11.0. The molecule has 100 valence electrons. The summed E-state index contributed by atoms with van der Waals surface area (Å²) in [6, 6.07) is 9.29. The van der Waals surface area contributed by atoms with E-state index in [0.29, 0.717) is 11.3 Å². The van der Waals surface area contributed by atoms with Gasteiger partial charge in [0.2, 0.25) is 0 Å². The maximum Gasteiger partial charge on any atom is 0.150 e. The van der Waals surface area contributed by atoms with Crippen molar-refractivity contribution in [3.05, 3.63) is 47.0 Å². The summed E-state index contributed by atoms with van der Waals surface area (Å²) in [6.45, 7) is 3.30. The number of aromatic nitrogens is 1. The van der Waals surface area contributed by atoms with Crippen LogP contribution in [-0.2, 0) is 6.42 Å². The molecule has 0 spiro atoms. The first-order valence-electron chi connectivity index (χ1n) is 6.76. The van der Waals surface area contributed by atoms with E-state index in [1.807, 2.05) is 18.0 Å². The van der Waals surface area contributed by atoms with Gasteiger partial charge in [0.1, 0.15) is 4.34 Å². The smallest absolute Gasteiger partial charge is 0.150 e. The van der Waals surface area contributed by atoms with Gasteiger partial charge in [0.15, 0.2) is 0 Å². The van der Waals surface area contributed by atoms with Crippen LogP contribution in [0.4, 0.5) is 0 Å². The molecule has 0 radical (unpaired) electrons. The first-order valence-corrected chi connectivity index (χ1v) is 8.51. The molecule has 1 aromatic heterocycles. The minimum atomic E-state index is 0.463. The van der Waals surface area contributed by atoms with E-state index in [1.54, 1.807) is 11.3 Å². The van der Waals surface area contributed by atoms with Crippen LogP contribution in [0.5, 0.6) is 0 Å². The Morgan fingerprint density at radius 3 is 3.11 bits per heavy atom. The second kappa shape index (κ2) is 6.07. The minimum Gasteiger partial charge on any atom is -0.309 e. The normalized spacial score (nSPS) is 21.5. The molecule has 2 nitrogen and oxygen atoms in total. The standard InChI is InChI=1S/C15H18N2S2/c1-2-7-16-14-12-6-4-3-5-11(12)10-13(14)19-15-17-8-9-18-15/h3-6,8-9,13-14,16H,2,7,10H2,1H3. The van der Waals surface area contributed by atoms with Crippen LogP contribution in [0.2, 0.25) is 0 Å². The highest BCUT2D eigenvalue weighted by atomic mass is 32.2. The molecule has 0 saturated heterocycles. The predicted octanol–water partition coefficient (Wildman–Crippen LogP) is 3.90. The molecule has 4 heteroatoms. The average molecular weight is 290 g/mol. The zero-order valence-corrected chi connectivity index (χ0v) is 12.6. The summed E-state index contributed by atoms with van der Waals surface area (Å²) >= 11 is 3.66. The van der Waals surface area contributed by atoms with Crippen LogP contribution >= 0.6 is 23.1 Å². The van der Waals surface area contributed by atoms with Crippen molar-refractivity contribution >= 4 is 23.1 Å². The van der Waals surface area contributed by atoms with E-state index in [1.165, 1.54) is 21.9 Å². The van der Waals surface area contributed by atoms with Gasteiger partial charge in [0.25, 0.3) is 0 Å². The van der Waals surface area contributed by atoms with Gasteiger partial charge in [-0.15, -0.1) is 11.3 Å². The number of thioether (sulfide) groups is 1. The molecular weight excluding hydrogens is 272 g/mol. The molecule has 2 unspecified atom stereocenters. The van der Waals surface area contributed by atoms with Crippen LogP contribution in [0.3, 0.4) is 0 Å². The Balaban J connectivity index is 1.80. The van der Waals surface area contributed by atoms with Crippen LogP contribution in [0, 0.1) is 0 Å². The molecule has 1 aliphatic rings. The van der Waals surface area contributed by atoms with E-state index in [0.717, 1.165) is 13.0 Å². The molecule has 1 aliphatic carbocycles. The molecule has 1 heterocycles. The van der Waals surface area contributed by atoms with Gasteiger partial charge in [0, 0.05) is 22.9 Å². The summed E-state index contributed by atoms with van der Waals surface area (Å²) < 4.78 is 1.18. The van der Waals surface area contributed by atoms with Gasteiger partial charge in [0.05, 0.1) is 0 Å². The fourth-order valence-electron chi connectivity index (χ4n) is 2.61. The number of nitrogens with zero attached hydrogens (tertiary/aromatic N) is 1. The highest BCUT2D eigenvalue weighted by molar-refractivity contribution is 8.01. The molecule has 0 aliphatic heterocycles. The van der Waals surface area contributed by atoms with E-state index in [9.17, 15) is 0 Å². The second-order valence-electron chi connectivity index (χ2n) is 4.79. The van der Waals surface area contributed by atoms with Crippen molar-refractivity contribution in [1.82, 2.24) is 10.3 Å². The van der Waals surface area contributed by atoms with Crippen molar-refractivity contribution in [3.8, 4) is 0 Å². The summed E-state index contributed by atoms with van der Waals surface area (Å²) in [5.41, 5.74) is 2.97. The van der Waals surface area contributed by atoms with Crippen LogP contribution in [-0.4, -0.2) is 16.8 Å². The summed E-state index contributed by atoms with van der Waals surface area (Å²) in [6.07, 6.45) is 4.21. The maximum atomic E-state index is 4.41. The molecule has 0 bridgehead atoms. The molecule has 2 atom stereocenters. The lowest BCUT2D eigenvalue weighted by Gasteiger charge is -2.20. The molecule has 2 aromatic rings. The van der Waals surface area contributed by atoms with Crippen molar-refractivity contribution < 1.29 is 0 Å². The van der Waals surface area contributed by atoms with Crippen molar-refractivity contribution in [2.24, 2.45) is 0 Å². The van der Waals surface area contributed by atoms with Crippen LogP contribution in [0.15, 0.2) is 40.2 Å². The quantitative estimate of drug-likeness (QED) is 0.904. The number of thiazole rings is 1. The Morgan fingerprint density at radius 1 is 1.42 bits per heavy atom. The Morgan fingerprint density at radius 2 is 2.32 bits per heavy atom. The third kappa shape index (κ3) is 2.86. The SMILES string of the molecule is CCCNC1c2ccccc2CC1Sc1nccs1. The lowest BCUT2D eigenvalue weighted by molar-refractivity contribution is 0.539. The number of fused-ring (bicyclic) bond motifs is 1. The van der Waals surface area contributed by atoms with Gasteiger partial charge in [-0.2, -0.15) is 0 Å². The Bertz CT molecular complexity index is 523. The van der Waals surface area contributed by atoms with Crippen molar-refractivity contribution in [3.63, 3.8) is 0 Å². The van der Waals surface area contributed by atoms with Crippen molar-refractivity contribution in [2.75, 3.05) is 6.54 Å². The number of hydrogen-bond donors (Lipinski definition) is 1. The van der Waals surface area contributed by atoms with Gasteiger partial charge in [-0.1, -0.05) is 43.0 Å². The van der Waals surface area contributed by atoms with Gasteiger partial charge in [-0.25, -0.2) is 4.98 Å². The molecule has 1 aromatic carbocycles. The van der Waals surface area contributed by atoms with E-state index in [2.05, 4.69) is 46.9 Å². The van der Waals surface area contributed by atoms with E-state index in [4.69, 9.17) is 0 Å². The molecule has 19 heavy (non-hydrogen) atoms. The van der Waals surface area contributed by atoms with Gasteiger partial charge in [-0.3, -0.25) is 0 Å². The summed E-state index contributed by atoms with van der Waals surface area (Å²) in [5.74, 6) is 0. The summed E-state index contributed by atoms with van der Waals surface area (Å²) in [7, 11) is 0. The second-order valence-corrected chi connectivity index (χ2v) is 7.17. The first-order chi connectivity index (χ1) is 9.38. The van der Waals surface area contributed by atoms with E-state index >= 15 is 0 Å². The molecule has 3 rings (SSSR count). The molecule has 1 N–H and O–H groups in total. The highest BCUT2D eigenvalue weighted by Crippen LogP contribution is 2.41. The largest absolute Gasteiger partial charge is 0.309 e. The van der Waals surface area contributed by atoms with E-state index in [-0.39, 0.29) is 0 Å². The first kappa shape index (κ1) is 13.2. The number of hydrogen-bond acceptors (Lipinski definition) is 4. The number of benzene rings is 1. The van der Waals surface area contributed by atoms with Crippen molar-refractivity contribution in [1.29, 1.82) is 0 Å². The molecule has 0 fully saturated rings. The van der Waals surface area contributed by atoms with Crippen LogP contribution in [0.25, 0.3) is 0 Å².